The maximum Gasteiger partial charge on any atom is 0.320 e. The number of benzene rings is 1. The molecule has 1 spiro atoms. The number of fused-ring (bicyclic) bond motifs is 2. The molecule has 2 unspecified atom stereocenters. The van der Waals surface area contributed by atoms with Crippen LogP contribution in [0.25, 0.3) is 0 Å². The summed E-state index contributed by atoms with van der Waals surface area (Å²) in [6, 6.07) is 7.34. The lowest BCUT2D eigenvalue weighted by atomic mass is 9.56. The number of piperidine rings is 1. The molecule has 37 heavy (non-hydrogen) atoms. The van der Waals surface area contributed by atoms with E-state index in [2.05, 4.69) is 30.7 Å². The normalized spacial score (nSPS) is 26.1. The van der Waals surface area contributed by atoms with E-state index in [0.717, 1.165) is 56.5 Å². The number of carbonyl (C=O) groups excluding carboxylic acids is 1. The Kier molecular flexibility index (Phi) is 5.54. The highest BCUT2D eigenvalue weighted by atomic mass is 19.2. The summed E-state index contributed by atoms with van der Waals surface area (Å²) in [7, 11) is 0. The summed E-state index contributed by atoms with van der Waals surface area (Å²) in [6.45, 7) is 0. The largest absolute Gasteiger partial charge is 0.481 e. The second kappa shape index (κ2) is 8.79. The highest BCUT2D eigenvalue weighted by molar-refractivity contribution is 6.00. The van der Waals surface area contributed by atoms with E-state index in [1.165, 1.54) is 6.07 Å². The first-order valence-electron chi connectivity index (χ1n) is 12.1. The molecule has 10 nitrogen and oxygen atoms in total. The van der Waals surface area contributed by atoms with Gasteiger partial charge in [-0.3, -0.25) is 9.59 Å². The Morgan fingerprint density at radius 2 is 1.73 bits per heavy atom. The lowest BCUT2D eigenvalue weighted by Gasteiger charge is -2.54. The number of amides is 1. The van der Waals surface area contributed by atoms with Crippen LogP contribution >= 0.6 is 0 Å². The molecule has 12 heteroatoms. The van der Waals surface area contributed by atoms with E-state index in [-0.39, 0.29) is 28.9 Å². The van der Waals surface area contributed by atoms with Gasteiger partial charge in [-0.25, -0.2) is 13.8 Å². The summed E-state index contributed by atoms with van der Waals surface area (Å²) in [5.74, 6) is -3.03. The smallest absolute Gasteiger partial charge is 0.320 e. The van der Waals surface area contributed by atoms with Crippen LogP contribution in [-0.2, 0) is 4.79 Å². The molecule has 3 fully saturated rings. The molecule has 3 aromatic rings. The number of carbonyl (C=O) groups is 2. The molecule has 192 valence electrons. The number of aliphatic carboxylic acids is 1. The molecule has 3 aliphatic rings. The maximum absolute atomic E-state index is 13.4. The predicted molar refractivity (Wildman–Crippen MR) is 127 cm³/mol. The fourth-order valence-electron chi connectivity index (χ4n) is 6.17. The van der Waals surface area contributed by atoms with Crippen molar-refractivity contribution in [2.24, 2.45) is 11.3 Å². The number of carboxylic acids is 1. The van der Waals surface area contributed by atoms with Gasteiger partial charge >= 0.3 is 23.8 Å². The lowest BCUT2D eigenvalue weighted by molar-refractivity contribution is -0.151. The van der Waals surface area contributed by atoms with E-state index in [0.29, 0.717) is 17.8 Å². The first-order valence-corrected chi connectivity index (χ1v) is 12.1. The van der Waals surface area contributed by atoms with Gasteiger partial charge in [-0.1, -0.05) is 5.10 Å². The van der Waals surface area contributed by atoms with Crippen LogP contribution in [0.2, 0.25) is 0 Å². The topological polar surface area (TPSA) is 133 Å². The number of hydrogen-bond acceptors (Lipinski definition) is 8. The van der Waals surface area contributed by atoms with Gasteiger partial charge in [0.2, 0.25) is 0 Å². The Bertz CT molecular complexity index is 1340. The van der Waals surface area contributed by atoms with Crippen molar-refractivity contribution in [3.63, 3.8) is 0 Å². The van der Waals surface area contributed by atoms with Gasteiger partial charge < -0.3 is 25.1 Å². The monoisotopic (exact) mass is 510 g/mol. The van der Waals surface area contributed by atoms with Gasteiger partial charge in [0.1, 0.15) is 5.82 Å². The Labute approximate surface area is 210 Å². The molecule has 3 N–H and O–H groups in total. The zero-order valence-electron chi connectivity index (χ0n) is 19.7. The van der Waals surface area contributed by atoms with Crippen LogP contribution in [0.4, 0.5) is 32.0 Å². The summed E-state index contributed by atoms with van der Waals surface area (Å²) >= 11 is 0. The van der Waals surface area contributed by atoms with Crippen molar-refractivity contribution in [2.45, 2.75) is 50.6 Å². The molecule has 1 aliphatic carbocycles. The predicted octanol–water partition coefficient (Wildman–Crippen LogP) is 4.35. The fraction of sp³-hybridized carbons (Fsp3) is 0.400. The zero-order chi connectivity index (χ0) is 25.7. The molecular weight excluding hydrogens is 486 g/mol. The van der Waals surface area contributed by atoms with Crippen molar-refractivity contribution in [1.29, 1.82) is 0 Å². The van der Waals surface area contributed by atoms with Gasteiger partial charge in [0.15, 0.2) is 11.6 Å². The second-order valence-electron chi connectivity index (χ2n) is 10.2. The van der Waals surface area contributed by atoms with Crippen LogP contribution in [0.5, 0.6) is 0 Å². The minimum absolute atomic E-state index is 0.149. The van der Waals surface area contributed by atoms with Gasteiger partial charge in [-0.2, -0.15) is 0 Å². The van der Waals surface area contributed by atoms with Crippen LogP contribution < -0.4 is 15.5 Å². The van der Waals surface area contributed by atoms with Crippen molar-refractivity contribution in [3.05, 3.63) is 54.1 Å². The molecular formula is C25H24F2N6O4. The molecule has 1 saturated carbocycles. The average Bonchev–Trinajstić information content (AvgIpc) is 3.42. The van der Waals surface area contributed by atoms with Crippen molar-refractivity contribution >= 4 is 35.1 Å². The molecule has 4 heterocycles. The fourth-order valence-corrected chi connectivity index (χ4v) is 6.17. The van der Waals surface area contributed by atoms with Crippen LogP contribution in [0, 0.1) is 23.0 Å². The maximum atomic E-state index is 13.4. The van der Waals surface area contributed by atoms with E-state index in [1.807, 2.05) is 6.07 Å². The third kappa shape index (κ3) is 4.36. The van der Waals surface area contributed by atoms with Crippen molar-refractivity contribution in [1.82, 2.24) is 15.2 Å². The highest BCUT2D eigenvalue weighted by Gasteiger charge is 2.55. The van der Waals surface area contributed by atoms with Crippen molar-refractivity contribution in [2.75, 3.05) is 15.5 Å². The molecule has 0 radical (unpaired) electrons. The van der Waals surface area contributed by atoms with Crippen LogP contribution in [-0.4, -0.2) is 44.2 Å². The van der Waals surface area contributed by atoms with Gasteiger partial charge in [-0.05, 0) is 68.2 Å². The number of anilines is 4. The standard InChI is InChI=1S/C25H24F2N6O4/c26-18-5-1-14(7-19(18)27)30-24-32-31-22(37-24)21(34)29-15-2-6-20(28-12-15)33-16-3-4-17(33)11-25(10-16)8-13(9-25)23(35)36/h1-2,5-7,12-13,16-17H,3-4,8-11H2,(H,29,34)(H,30,32)(H,35,36). The SMILES string of the molecule is O=C(Nc1ccc(N2C3CCC2CC2(CC(C(=O)O)C2)C3)nc1)c1nnc(Nc2ccc(F)c(F)c2)o1. The van der Waals surface area contributed by atoms with E-state index >= 15 is 0 Å². The molecule has 2 aromatic heterocycles. The number of pyridine rings is 1. The Hall–Kier alpha value is -4.09. The van der Waals surface area contributed by atoms with E-state index in [1.54, 1.807) is 12.3 Å². The molecule has 2 aliphatic heterocycles. The summed E-state index contributed by atoms with van der Waals surface area (Å²) in [5.41, 5.74) is 0.791. The summed E-state index contributed by atoms with van der Waals surface area (Å²) in [6.07, 6.45) is 7.24. The first kappa shape index (κ1) is 23.3. The number of rotatable bonds is 6. The summed E-state index contributed by atoms with van der Waals surface area (Å²) < 4.78 is 31.7. The molecule has 2 atom stereocenters. The van der Waals surface area contributed by atoms with Crippen molar-refractivity contribution < 1.29 is 27.9 Å². The van der Waals surface area contributed by atoms with Crippen molar-refractivity contribution in [3.8, 4) is 0 Å². The molecule has 6 rings (SSSR count). The van der Waals surface area contributed by atoms with E-state index < -0.39 is 23.5 Å². The minimum atomic E-state index is -1.04. The second-order valence-corrected chi connectivity index (χ2v) is 10.2. The van der Waals surface area contributed by atoms with Gasteiger partial charge in [0, 0.05) is 23.8 Å². The number of hydrogen-bond donors (Lipinski definition) is 3. The number of halogens is 2. The third-order valence-electron chi connectivity index (χ3n) is 7.73. The van der Waals surface area contributed by atoms with Crippen LogP contribution in [0.1, 0.15) is 49.2 Å². The third-order valence-corrected chi connectivity index (χ3v) is 7.73. The van der Waals surface area contributed by atoms with Gasteiger partial charge in [0.05, 0.1) is 17.8 Å². The number of nitrogens with one attached hydrogen (secondary N) is 2. The first-order chi connectivity index (χ1) is 17.8. The number of nitrogens with zero attached hydrogens (tertiary/aromatic N) is 4. The Morgan fingerprint density at radius 1 is 1.00 bits per heavy atom. The highest BCUT2D eigenvalue weighted by Crippen LogP contribution is 2.58. The Morgan fingerprint density at radius 3 is 2.38 bits per heavy atom. The average molecular weight is 511 g/mol. The molecule has 2 saturated heterocycles. The van der Waals surface area contributed by atoms with Crippen LogP contribution in [0.15, 0.2) is 40.9 Å². The van der Waals surface area contributed by atoms with Gasteiger partial charge in [0.25, 0.3) is 0 Å². The van der Waals surface area contributed by atoms with E-state index in [4.69, 9.17) is 4.42 Å². The van der Waals surface area contributed by atoms with E-state index in [9.17, 15) is 23.5 Å². The zero-order valence-corrected chi connectivity index (χ0v) is 19.7. The minimum Gasteiger partial charge on any atom is -0.481 e. The van der Waals surface area contributed by atoms with Crippen LogP contribution in [0.3, 0.4) is 0 Å². The summed E-state index contributed by atoms with van der Waals surface area (Å²) in [4.78, 5) is 30.7. The number of aromatic nitrogens is 3. The summed E-state index contributed by atoms with van der Waals surface area (Å²) in [5, 5.41) is 21.9. The number of carboxylic acid groups (broad SMARTS) is 1. The quantitative estimate of drug-likeness (QED) is 0.442. The molecule has 2 bridgehead atoms. The lowest BCUT2D eigenvalue weighted by Crippen LogP contribution is -2.54. The Balaban J connectivity index is 1.07. The molecule has 1 amide bonds. The molecule has 1 aromatic carbocycles. The van der Waals surface area contributed by atoms with Gasteiger partial charge in [-0.15, -0.1) is 5.10 Å².